The second kappa shape index (κ2) is 24.2. The minimum atomic E-state index is 1.12. The zero-order valence-electron chi connectivity index (χ0n) is 23.9. The lowest BCUT2D eigenvalue weighted by molar-refractivity contribution is -0.0979. The molecule has 0 N–H and O–H groups in total. The summed E-state index contributed by atoms with van der Waals surface area (Å²) in [6, 6.07) is 0. The van der Waals surface area contributed by atoms with E-state index in [2.05, 4.69) is 85.4 Å². The minimum Gasteiger partial charge on any atom is -0.307 e. The monoisotopic (exact) mass is 468 g/mol. The fraction of sp³-hybridized carbons (Fsp3) is 0.606. The Bertz CT molecular complexity index is 673. The molecule has 0 unspecified atom stereocenters. The van der Waals surface area contributed by atoms with Gasteiger partial charge < -0.3 is 4.79 Å². The van der Waals surface area contributed by atoms with Crippen LogP contribution in [0.3, 0.4) is 0 Å². The van der Waals surface area contributed by atoms with Gasteiger partial charge in [-0.3, -0.25) is 0 Å². The van der Waals surface area contributed by atoms with Gasteiger partial charge in [0.2, 0.25) is 0 Å². The fourth-order valence-corrected chi connectivity index (χ4v) is 3.72. The van der Waals surface area contributed by atoms with Gasteiger partial charge >= 0.3 is 0 Å². The largest absolute Gasteiger partial charge is 0.307 e. The van der Waals surface area contributed by atoms with E-state index >= 15 is 0 Å². The molecule has 0 atom stereocenters. The molecule has 0 spiro atoms. The predicted molar refractivity (Wildman–Crippen MR) is 156 cm³/mol. The Hall–Kier alpha value is -1.89. The molecule has 34 heavy (non-hydrogen) atoms. The Morgan fingerprint density at radius 3 is 1.71 bits per heavy atom. The molecule has 1 rings (SSSR count). The van der Waals surface area contributed by atoms with E-state index in [0.717, 1.165) is 19.3 Å². The van der Waals surface area contributed by atoms with Gasteiger partial charge in [-0.05, 0) is 125 Å². The molecule has 1 aliphatic carbocycles. The lowest BCUT2D eigenvalue weighted by atomic mass is 9.95. The average Bonchev–Trinajstić information content (AvgIpc) is 2.81. The summed E-state index contributed by atoms with van der Waals surface area (Å²) in [5.41, 5.74) is 8.98. The number of carbonyl (C=O) groups is 1. The maximum absolute atomic E-state index is 8.00. The summed E-state index contributed by atoms with van der Waals surface area (Å²) >= 11 is 0. The zero-order chi connectivity index (χ0) is 26.2. The van der Waals surface area contributed by atoms with Crippen LogP contribution in [0, 0.1) is 0 Å². The van der Waals surface area contributed by atoms with Gasteiger partial charge in [-0.1, -0.05) is 77.3 Å². The van der Waals surface area contributed by atoms with E-state index in [1.807, 2.05) is 6.79 Å². The molecule has 194 valence electrons. The predicted octanol–water partition coefficient (Wildman–Crippen LogP) is 11.2. The second-order valence-electron chi connectivity index (χ2n) is 10.0. The van der Waals surface area contributed by atoms with Crippen LogP contribution < -0.4 is 0 Å². The van der Waals surface area contributed by atoms with Crippen LogP contribution in [-0.2, 0) is 4.79 Å². The number of rotatable bonds is 13. The van der Waals surface area contributed by atoms with Crippen LogP contribution >= 0.6 is 0 Å². The molecule has 0 aromatic rings. The van der Waals surface area contributed by atoms with Crippen molar-refractivity contribution in [3.05, 3.63) is 70.4 Å². The van der Waals surface area contributed by atoms with E-state index in [4.69, 9.17) is 4.79 Å². The summed E-state index contributed by atoms with van der Waals surface area (Å²) in [6.45, 7) is 21.4. The maximum atomic E-state index is 8.00. The first-order valence-electron chi connectivity index (χ1n) is 13.5. The van der Waals surface area contributed by atoms with Crippen LogP contribution in [0.15, 0.2) is 70.4 Å². The Balaban J connectivity index is 0. The molecule has 0 heterocycles. The van der Waals surface area contributed by atoms with Crippen molar-refractivity contribution in [2.75, 3.05) is 0 Å². The SMILES string of the molecule is C=C(CC)CC/C=C(\C)CCC=C(C)C.C=O.CC(C)=CCC/C(C)=C/CCC1=CCCCC1. The van der Waals surface area contributed by atoms with Crippen molar-refractivity contribution in [1.29, 1.82) is 0 Å². The first-order chi connectivity index (χ1) is 16.2. The molecule has 0 saturated carbocycles. The highest BCUT2D eigenvalue weighted by Crippen LogP contribution is 2.22. The van der Waals surface area contributed by atoms with Crippen LogP contribution in [-0.4, -0.2) is 6.79 Å². The van der Waals surface area contributed by atoms with Crippen molar-refractivity contribution in [3.8, 4) is 0 Å². The quantitative estimate of drug-likeness (QED) is 0.246. The van der Waals surface area contributed by atoms with Gasteiger partial charge in [-0.25, -0.2) is 0 Å². The highest BCUT2D eigenvalue weighted by molar-refractivity contribution is 5.11. The average molecular weight is 469 g/mol. The van der Waals surface area contributed by atoms with Crippen molar-refractivity contribution in [3.63, 3.8) is 0 Å². The first kappa shape index (κ1) is 34.3. The summed E-state index contributed by atoms with van der Waals surface area (Å²) < 4.78 is 0. The molecule has 0 aliphatic heterocycles. The molecule has 0 aromatic carbocycles. The van der Waals surface area contributed by atoms with Gasteiger partial charge in [0.15, 0.2) is 0 Å². The highest BCUT2D eigenvalue weighted by Gasteiger charge is 2.02. The van der Waals surface area contributed by atoms with Crippen LogP contribution in [0.5, 0.6) is 0 Å². The summed E-state index contributed by atoms with van der Waals surface area (Å²) in [5, 5.41) is 0. The standard InChI is InChI=1S/C17H28.C15H26.CH2O/c1-15(2)9-7-10-16(3)11-8-14-17-12-5-4-6-13-17;1-6-14(4)10-8-12-15(5)11-7-9-13(2)3;1-2/h9,11-12H,4-8,10,13-14H2,1-3H3;9,12H,4,6-8,10-11H2,1-3,5H3;1H2/b16-11+;15-12+;. The summed E-state index contributed by atoms with van der Waals surface area (Å²) in [7, 11) is 0. The summed E-state index contributed by atoms with van der Waals surface area (Å²) in [6.07, 6.45) is 28.2. The first-order valence-corrected chi connectivity index (χ1v) is 13.5. The molecule has 0 amide bonds. The topological polar surface area (TPSA) is 17.1 Å². The van der Waals surface area contributed by atoms with E-state index in [0.29, 0.717) is 0 Å². The van der Waals surface area contributed by atoms with Crippen molar-refractivity contribution in [2.24, 2.45) is 0 Å². The van der Waals surface area contributed by atoms with Gasteiger partial charge in [-0.2, -0.15) is 0 Å². The third kappa shape index (κ3) is 24.7. The van der Waals surface area contributed by atoms with E-state index in [-0.39, 0.29) is 0 Å². The van der Waals surface area contributed by atoms with E-state index in [1.165, 1.54) is 86.5 Å². The molecule has 0 radical (unpaired) electrons. The molecule has 1 aliphatic rings. The number of hydrogen-bond donors (Lipinski definition) is 0. The van der Waals surface area contributed by atoms with Gasteiger partial charge in [0.05, 0.1) is 0 Å². The Labute approximate surface area is 213 Å². The molecule has 0 bridgehead atoms. The minimum absolute atomic E-state index is 1.12. The lowest BCUT2D eigenvalue weighted by Gasteiger charge is -2.11. The summed E-state index contributed by atoms with van der Waals surface area (Å²) in [5.74, 6) is 0. The normalized spacial score (nSPS) is 13.4. The van der Waals surface area contributed by atoms with Crippen molar-refractivity contribution in [1.82, 2.24) is 0 Å². The molecule has 0 fully saturated rings. The van der Waals surface area contributed by atoms with Crippen LogP contribution in [0.2, 0.25) is 0 Å². The molecular weight excluding hydrogens is 412 g/mol. The molecular formula is C33H56O. The number of allylic oxidation sites excluding steroid dienone is 11. The van der Waals surface area contributed by atoms with E-state index in [9.17, 15) is 0 Å². The van der Waals surface area contributed by atoms with Crippen LogP contribution in [0.1, 0.15) is 132 Å². The smallest absolute Gasteiger partial charge is 0.106 e. The molecule has 1 nitrogen and oxygen atoms in total. The third-order valence-electron chi connectivity index (χ3n) is 6.02. The fourth-order valence-electron chi connectivity index (χ4n) is 3.72. The third-order valence-corrected chi connectivity index (χ3v) is 6.02. The Kier molecular flexibility index (Phi) is 24.4. The van der Waals surface area contributed by atoms with E-state index < -0.39 is 0 Å². The lowest BCUT2D eigenvalue weighted by Crippen LogP contribution is -1.91. The molecule has 0 aromatic heterocycles. The van der Waals surface area contributed by atoms with Gasteiger partial charge in [0.1, 0.15) is 6.79 Å². The van der Waals surface area contributed by atoms with E-state index in [1.54, 1.807) is 11.1 Å². The van der Waals surface area contributed by atoms with Crippen LogP contribution in [0.4, 0.5) is 0 Å². The number of hydrogen-bond acceptors (Lipinski definition) is 1. The second-order valence-corrected chi connectivity index (χ2v) is 10.0. The van der Waals surface area contributed by atoms with Crippen LogP contribution in [0.25, 0.3) is 0 Å². The van der Waals surface area contributed by atoms with Crippen molar-refractivity contribution < 1.29 is 4.79 Å². The maximum Gasteiger partial charge on any atom is 0.106 e. The van der Waals surface area contributed by atoms with Gasteiger partial charge in [-0.15, -0.1) is 0 Å². The number of carbonyl (C=O) groups excluding carboxylic acids is 1. The van der Waals surface area contributed by atoms with Crippen molar-refractivity contribution in [2.45, 2.75) is 132 Å². The Morgan fingerprint density at radius 2 is 1.26 bits per heavy atom. The van der Waals surface area contributed by atoms with Crippen molar-refractivity contribution >= 4 is 6.79 Å². The van der Waals surface area contributed by atoms with Gasteiger partial charge in [0.25, 0.3) is 0 Å². The van der Waals surface area contributed by atoms with Gasteiger partial charge in [0, 0.05) is 0 Å². The Morgan fingerprint density at radius 1 is 0.765 bits per heavy atom. The highest BCUT2D eigenvalue weighted by atomic mass is 16.1. The molecule has 1 heteroatoms. The zero-order valence-corrected chi connectivity index (χ0v) is 23.9. The molecule has 0 saturated heterocycles. The summed E-state index contributed by atoms with van der Waals surface area (Å²) in [4.78, 5) is 8.00.